The zero-order chi connectivity index (χ0) is 14.7. The van der Waals surface area contributed by atoms with Crippen LogP contribution in [0, 0.1) is 19.7 Å². The molecule has 2 aromatic rings. The molecule has 0 amide bonds. The molecule has 0 fully saturated rings. The van der Waals surface area contributed by atoms with Crippen LogP contribution >= 0.6 is 11.8 Å². The number of benzene rings is 2. The highest BCUT2D eigenvalue weighted by Crippen LogP contribution is 2.39. The van der Waals surface area contributed by atoms with E-state index in [1.807, 2.05) is 19.1 Å². The molecule has 1 nitrogen and oxygen atoms in total. The van der Waals surface area contributed by atoms with Crippen LogP contribution in [0.15, 0.2) is 47.4 Å². The van der Waals surface area contributed by atoms with Gasteiger partial charge in [0.25, 0.3) is 0 Å². The summed E-state index contributed by atoms with van der Waals surface area (Å²) >= 11 is 1.63. The molecule has 3 heteroatoms. The number of nitrogens with two attached hydrogens (primary N) is 1. The van der Waals surface area contributed by atoms with E-state index in [4.69, 9.17) is 5.73 Å². The van der Waals surface area contributed by atoms with Crippen molar-refractivity contribution in [1.29, 1.82) is 0 Å². The van der Waals surface area contributed by atoms with Gasteiger partial charge in [-0.2, -0.15) is 0 Å². The number of halogens is 1. The minimum atomic E-state index is -0.188. The lowest BCUT2D eigenvalue weighted by Gasteiger charge is -2.22. The Morgan fingerprint density at radius 3 is 2.40 bits per heavy atom. The predicted molar refractivity (Wildman–Crippen MR) is 84.6 cm³/mol. The van der Waals surface area contributed by atoms with Gasteiger partial charge in [-0.3, -0.25) is 0 Å². The van der Waals surface area contributed by atoms with E-state index in [0.717, 1.165) is 4.90 Å². The van der Waals surface area contributed by atoms with Crippen LogP contribution in [-0.2, 0) is 0 Å². The maximum atomic E-state index is 14.0. The van der Waals surface area contributed by atoms with Gasteiger partial charge < -0.3 is 5.73 Å². The van der Waals surface area contributed by atoms with Crippen molar-refractivity contribution < 1.29 is 4.39 Å². The molecule has 0 spiro atoms. The summed E-state index contributed by atoms with van der Waals surface area (Å²) in [4.78, 5) is 1.15. The third kappa shape index (κ3) is 3.41. The van der Waals surface area contributed by atoms with Crippen molar-refractivity contribution in [2.24, 2.45) is 5.73 Å². The zero-order valence-corrected chi connectivity index (χ0v) is 12.9. The molecule has 2 N–H and O–H groups in total. The molecule has 0 radical (unpaired) electrons. The van der Waals surface area contributed by atoms with Gasteiger partial charge >= 0.3 is 0 Å². The van der Waals surface area contributed by atoms with Crippen LogP contribution in [0.25, 0.3) is 0 Å². The van der Waals surface area contributed by atoms with E-state index in [1.165, 1.54) is 17.2 Å². The van der Waals surface area contributed by atoms with Crippen LogP contribution in [0.3, 0.4) is 0 Å². The Hall–Kier alpha value is -1.32. The van der Waals surface area contributed by atoms with Gasteiger partial charge in [-0.05, 0) is 38.5 Å². The van der Waals surface area contributed by atoms with Gasteiger partial charge in [0.1, 0.15) is 5.82 Å². The van der Waals surface area contributed by atoms with Crippen molar-refractivity contribution in [3.8, 4) is 0 Å². The van der Waals surface area contributed by atoms with Crippen molar-refractivity contribution in [2.45, 2.75) is 37.0 Å². The number of thioether (sulfide) groups is 1. The van der Waals surface area contributed by atoms with Gasteiger partial charge in [-0.25, -0.2) is 4.39 Å². The Morgan fingerprint density at radius 1 is 1.10 bits per heavy atom. The van der Waals surface area contributed by atoms with Gasteiger partial charge in [-0.1, -0.05) is 35.9 Å². The summed E-state index contributed by atoms with van der Waals surface area (Å²) in [6.07, 6.45) is 0. The Morgan fingerprint density at radius 2 is 1.80 bits per heavy atom. The lowest BCUT2D eigenvalue weighted by Crippen LogP contribution is -2.23. The standard InChI is InChI=1S/C17H20FNS/c1-11-8-9-16(12(2)10-11)20-17(13(3)19)14-6-4-5-7-15(14)18/h4-10,13,17H,19H2,1-3H3. The molecule has 0 bridgehead atoms. The minimum absolute atomic E-state index is 0.0855. The van der Waals surface area contributed by atoms with Crippen molar-refractivity contribution in [1.82, 2.24) is 0 Å². The lowest BCUT2D eigenvalue weighted by atomic mass is 10.1. The molecule has 0 aliphatic carbocycles. The highest BCUT2D eigenvalue weighted by atomic mass is 32.2. The molecule has 2 unspecified atom stereocenters. The van der Waals surface area contributed by atoms with Crippen LogP contribution in [0.2, 0.25) is 0 Å². The Labute approximate surface area is 124 Å². The average Bonchev–Trinajstić information content (AvgIpc) is 2.39. The molecule has 2 atom stereocenters. The van der Waals surface area contributed by atoms with E-state index < -0.39 is 0 Å². The average molecular weight is 289 g/mol. The molecular formula is C17H20FNS. The van der Waals surface area contributed by atoms with Crippen LogP contribution in [0.4, 0.5) is 4.39 Å². The highest BCUT2D eigenvalue weighted by Gasteiger charge is 2.21. The summed E-state index contributed by atoms with van der Waals surface area (Å²) in [5.74, 6) is -0.188. The van der Waals surface area contributed by atoms with E-state index in [9.17, 15) is 4.39 Å². The van der Waals surface area contributed by atoms with Gasteiger partial charge in [0.15, 0.2) is 0 Å². The van der Waals surface area contributed by atoms with Crippen molar-refractivity contribution in [3.05, 3.63) is 65.0 Å². The minimum Gasteiger partial charge on any atom is -0.327 e. The largest absolute Gasteiger partial charge is 0.327 e. The first-order valence-corrected chi connectivity index (χ1v) is 7.61. The monoisotopic (exact) mass is 289 g/mol. The fraction of sp³-hybridized carbons (Fsp3) is 0.294. The van der Waals surface area contributed by atoms with Crippen LogP contribution < -0.4 is 5.73 Å². The third-order valence-corrected chi connectivity index (χ3v) is 4.92. The summed E-state index contributed by atoms with van der Waals surface area (Å²) in [6, 6.07) is 13.1. The molecule has 0 heterocycles. The van der Waals surface area contributed by atoms with E-state index >= 15 is 0 Å². The van der Waals surface area contributed by atoms with Gasteiger partial charge in [0.05, 0.1) is 5.25 Å². The van der Waals surface area contributed by atoms with Crippen LogP contribution in [0.1, 0.15) is 28.9 Å². The normalized spacial score (nSPS) is 14.1. The van der Waals surface area contributed by atoms with Crippen LogP contribution in [0.5, 0.6) is 0 Å². The Bertz CT molecular complexity index is 595. The van der Waals surface area contributed by atoms with Crippen molar-refractivity contribution in [2.75, 3.05) is 0 Å². The summed E-state index contributed by atoms with van der Waals surface area (Å²) < 4.78 is 14.0. The number of hydrogen-bond donors (Lipinski definition) is 1. The topological polar surface area (TPSA) is 26.0 Å². The molecule has 0 saturated carbocycles. The third-order valence-electron chi connectivity index (χ3n) is 3.27. The Kier molecular flexibility index (Phi) is 4.84. The highest BCUT2D eigenvalue weighted by molar-refractivity contribution is 7.99. The SMILES string of the molecule is Cc1ccc(SC(c2ccccc2F)C(C)N)c(C)c1. The van der Waals surface area contributed by atoms with E-state index in [0.29, 0.717) is 5.56 Å². The molecule has 2 aromatic carbocycles. The summed E-state index contributed by atoms with van der Waals surface area (Å²) in [5.41, 5.74) is 9.19. The molecule has 20 heavy (non-hydrogen) atoms. The maximum absolute atomic E-state index is 14.0. The molecule has 0 aromatic heterocycles. The quantitative estimate of drug-likeness (QED) is 0.831. The molecule has 0 aliphatic rings. The summed E-state index contributed by atoms with van der Waals surface area (Å²) in [5, 5.41) is -0.0855. The van der Waals surface area contributed by atoms with Crippen LogP contribution in [-0.4, -0.2) is 6.04 Å². The second-order valence-electron chi connectivity index (χ2n) is 5.19. The second kappa shape index (κ2) is 6.42. The van der Waals surface area contributed by atoms with Gasteiger partial charge in [-0.15, -0.1) is 11.8 Å². The molecule has 0 aliphatic heterocycles. The van der Waals surface area contributed by atoms with Crippen molar-refractivity contribution >= 4 is 11.8 Å². The molecule has 2 rings (SSSR count). The number of hydrogen-bond acceptors (Lipinski definition) is 2. The predicted octanol–water partition coefficient (Wildman–Crippen LogP) is 4.62. The van der Waals surface area contributed by atoms with Gasteiger partial charge in [0, 0.05) is 16.5 Å². The molecule has 106 valence electrons. The van der Waals surface area contributed by atoms with E-state index in [2.05, 4.69) is 32.0 Å². The lowest BCUT2D eigenvalue weighted by molar-refractivity contribution is 0.592. The Balaban J connectivity index is 2.33. The van der Waals surface area contributed by atoms with E-state index in [1.54, 1.807) is 17.8 Å². The molecule has 0 saturated heterocycles. The second-order valence-corrected chi connectivity index (χ2v) is 6.37. The first-order chi connectivity index (χ1) is 9.49. The zero-order valence-electron chi connectivity index (χ0n) is 12.1. The fourth-order valence-corrected chi connectivity index (χ4v) is 3.43. The number of aryl methyl sites for hydroxylation is 2. The smallest absolute Gasteiger partial charge is 0.127 e. The van der Waals surface area contributed by atoms with Gasteiger partial charge in [0.2, 0.25) is 0 Å². The fourth-order valence-electron chi connectivity index (χ4n) is 2.23. The maximum Gasteiger partial charge on any atom is 0.127 e. The van der Waals surface area contributed by atoms with E-state index in [-0.39, 0.29) is 17.1 Å². The summed E-state index contributed by atoms with van der Waals surface area (Å²) in [7, 11) is 0. The van der Waals surface area contributed by atoms with Crippen molar-refractivity contribution in [3.63, 3.8) is 0 Å². The first kappa shape index (κ1) is 15.1. The first-order valence-electron chi connectivity index (χ1n) is 6.73. The summed E-state index contributed by atoms with van der Waals surface area (Å²) in [6.45, 7) is 6.07. The molecular weight excluding hydrogens is 269 g/mol. The number of rotatable bonds is 4.